The van der Waals surface area contributed by atoms with Crippen LogP contribution in [0.2, 0.25) is 0 Å². The highest BCUT2D eigenvalue weighted by Gasteiger charge is 2.30. The Bertz CT molecular complexity index is 1040. The summed E-state index contributed by atoms with van der Waals surface area (Å²) in [5.74, 6) is -0.0515. The number of halogens is 2. The van der Waals surface area contributed by atoms with Crippen LogP contribution in [0.25, 0.3) is 11.1 Å². The Morgan fingerprint density at radius 2 is 1.84 bits per heavy atom. The van der Waals surface area contributed by atoms with Crippen LogP contribution in [0.15, 0.2) is 36.5 Å². The number of aromatic nitrogens is 1. The number of likely N-dealkylation sites (tertiary alicyclic amines) is 2. The molecule has 0 saturated carbocycles. The van der Waals surface area contributed by atoms with Crippen LogP contribution in [0.4, 0.5) is 8.78 Å². The SMILES string of the molecule is CCC(F)(CC)CN1CCC(COc2ccc(-c3ccc(C(=O)N4CCCC(O)C4)c(F)c3)cn2)CC1. The van der Waals surface area contributed by atoms with Gasteiger partial charge < -0.3 is 19.6 Å². The van der Waals surface area contributed by atoms with E-state index in [1.165, 1.54) is 17.0 Å². The molecule has 1 amide bonds. The molecule has 1 aromatic carbocycles. The van der Waals surface area contributed by atoms with Gasteiger partial charge in [0.05, 0.1) is 18.3 Å². The Morgan fingerprint density at radius 1 is 1.11 bits per heavy atom. The van der Waals surface area contributed by atoms with E-state index in [0.29, 0.717) is 62.7 Å². The predicted molar refractivity (Wildman–Crippen MR) is 140 cm³/mol. The molecule has 1 N–H and O–H groups in total. The minimum absolute atomic E-state index is 0.0124. The molecular formula is C29H39F2N3O3. The fourth-order valence-electron chi connectivity index (χ4n) is 5.20. The Hall–Kier alpha value is -2.58. The number of hydrogen-bond acceptors (Lipinski definition) is 5. The molecule has 0 bridgehead atoms. The molecule has 2 fully saturated rings. The summed E-state index contributed by atoms with van der Waals surface area (Å²) in [6.45, 7) is 7.43. The number of β-amino-alcohol motifs (C(OH)–C–C–N with tert-alkyl or cyclic N) is 1. The highest BCUT2D eigenvalue weighted by molar-refractivity contribution is 5.95. The van der Waals surface area contributed by atoms with Crippen LogP contribution < -0.4 is 4.74 Å². The topological polar surface area (TPSA) is 65.9 Å². The van der Waals surface area contributed by atoms with E-state index in [2.05, 4.69) is 9.88 Å². The molecule has 1 unspecified atom stereocenters. The number of hydrogen-bond donors (Lipinski definition) is 1. The average molecular weight is 516 g/mol. The van der Waals surface area contributed by atoms with Crippen LogP contribution in [0, 0.1) is 11.7 Å². The molecule has 6 nitrogen and oxygen atoms in total. The van der Waals surface area contributed by atoms with E-state index in [1.807, 2.05) is 19.9 Å². The quantitative estimate of drug-likeness (QED) is 0.503. The average Bonchev–Trinajstić information content (AvgIpc) is 2.92. The van der Waals surface area contributed by atoms with Gasteiger partial charge in [-0.3, -0.25) is 4.79 Å². The molecule has 37 heavy (non-hydrogen) atoms. The number of carbonyl (C=O) groups excluding carboxylic acids is 1. The van der Waals surface area contributed by atoms with Gasteiger partial charge in [-0.1, -0.05) is 19.9 Å². The third-order valence-electron chi connectivity index (χ3n) is 7.90. The first-order valence-electron chi connectivity index (χ1n) is 13.6. The zero-order valence-electron chi connectivity index (χ0n) is 22.0. The molecule has 2 aliphatic rings. The number of rotatable bonds is 9. The minimum atomic E-state index is -1.09. The minimum Gasteiger partial charge on any atom is -0.477 e. The second-order valence-electron chi connectivity index (χ2n) is 10.5. The number of nitrogens with zero attached hydrogens (tertiary/aromatic N) is 3. The van der Waals surface area contributed by atoms with Gasteiger partial charge >= 0.3 is 0 Å². The number of ether oxygens (including phenoxy) is 1. The first kappa shape index (κ1) is 27.5. The van der Waals surface area contributed by atoms with Gasteiger partial charge in [0.15, 0.2) is 0 Å². The maximum Gasteiger partial charge on any atom is 0.256 e. The van der Waals surface area contributed by atoms with Crippen molar-refractivity contribution in [2.45, 2.75) is 64.1 Å². The molecule has 0 spiro atoms. The molecule has 0 aliphatic carbocycles. The van der Waals surface area contributed by atoms with Gasteiger partial charge in [0, 0.05) is 37.5 Å². The maximum atomic E-state index is 14.8. The first-order valence-corrected chi connectivity index (χ1v) is 13.6. The van der Waals surface area contributed by atoms with Gasteiger partial charge in [-0.05, 0) is 81.3 Å². The van der Waals surface area contributed by atoms with Crippen molar-refractivity contribution in [1.29, 1.82) is 0 Å². The number of pyridine rings is 1. The van der Waals surface area contributed by atoms with Crippen LogP contribution >= 0.6 is 0 Å². The molecule has 1 aromatic heterocycles. The van der Waals surface area contributed by atoms with Gasteiger partial charge in [0.25, 0.3) is 5.91 Å². The lowest BCUT2D eigenvalue weighted by Gasteiger charge is -2.36. The molecule has 3 heterocycles. The van der Waals surface area contributed by atoms with Gasteiger partial charge in [-0.25, -0.2) is 13.8 Å². The number of piperidine rings is 2. The van der Waals surface area contributed by atoms with E-state index in [0.717, 1.165) is 31.5 Å². The van der Waals surface area contributed by atoms with E-state index in [-0.39, 0.29) is 12.1 Å². The first-order chi connectivity index (χ1) is 17.8. The Labute approximate surface area is 218 Å². The van der Waals surface area contributed by atoms with Gasteiger partial charge in [0.1, 0.15) is 11.5 Å². The van der Waals surface area contributed by atoms with E-state index in [1.54, 1.807) is 18.3 Å². The van der Waals surface area contributed by atoms with Crippen LogP contribution in [0.5, 0.6) is 5.88 Å². The van der Waals surface area contributed by atoms with Gasteiger partial charge in [-0.2, -0.15) is 0 Å². The fourth-order valence-corrected chi connectivity index (χ4v) is 5.20. The highest BCUT2D eigenvalue weighted by atomic mass is 19.1. The third kappa shape index (κ3) is 7.05. The van der Waals surface area contributed by atoms with Crippen molar-refractivity contribution in [1.82, 2.24) is 14.8 Å². The largest absolute Gasteiger partial charge is 0.477 e. The number of carbonyl (C=O) groups is 1. The summed E-state index contributed by atoms with van der Waals surface area (Å²) in [7, 11) is 0. The van der Waals surface area contributed by atoms with Crippen molar-refractivity contribution >= 4 is 5.91 Å². The maximum absolute atomic E-state index is 14.8. The summed E-state index contributed by atoms with van der Waals surface area (Å²) in [6.07, 6.45) is 5.51. The van der Waals surface area contributed by atoms with Crippen molar-refractivity contribution in [3.8, 4) is 17.0 Å². The number of alkyl halides is 1. The van der Waals surface area contributed by atoms with Crippen molar-refractivity contribution in [2.24, 2.45) is 5.92 Å². The monoisotopic (exact) mass is 515 g/mol. The second kappa shape index (κ2) is 12.3. The molecule has 2 aromatic rings. The molecule has 1 atom stereocenters. The summed E-state index contributed by atoms with van der Waals surface area (Å²) < 4.78 is 35.4. The predicted octanol–water partition coefficient (Wildman–Crippen LogP) is 5.10. The molecule has 4 rings (SSSR count). The summed E-state index contributed by atoms with van der Waals surface area (Å²) in [4.78, 5) is 20.8. The second-order valence-corrected chi connectivity index (χ2v) is 10.5. The van der Waals surface area contributed by atoms with Crippen molar-refractivity contribution in [2.75, 3.05) is 39.3 Å². The standard InChI is InChI=1S/C29H39F2N3O3/c1-3-29(31,4-2)20-33-14-11-21(12-15-33)19-37-27-10-8-23(17-32-27)22-7-9-25(26(30)16-22)28(36)34-13-5-6-24(35)18-34/h7-10,16-17,21,24,35H,3-6,11-15,18-20H2,1-2H3. The lowest BCUT2D eigenvalue weighted by molar-refractivity contribution is 0.0470. The van der Waals surface area contributed by atoms with Crippen LogP contribution in [-0.4, -0.2) is 76.9 Å². The summed E-state index contributed by atoms with van der Waals surface area (Å²) in [5.41, 5.74) is 0.277. The number of amides is 1. The van der Waals surface area contributed by atoms with Crippen molar-refractivity contribution < 1.29 is 23.4 Å². The molecule has 202 valence electrons. The van der Waals surface area contributed by atoms with Crippen molar-refractivity contribution in [3.05, 3.63) is 47.9 Å². The summed E-state index contributed by atoms with van der Waals surface area (Å²) in [5, 5.41) is 9.82. The smallest absolute Gasteiger partial charge is 0.256 e. The molecule has 0 radical (unpaired) electrons. The third-order valence-corrected chi connectivity index (χ3v) is 7.90. The highest BCUT2D eigenvalue weighted by Crippen LogP contribution is 2.27. The summed E-state index contributed by atoms with van der Waals surface area (Å²) >= 11 is 0. The molecule has 2 aliphatic heterocycles. The lowest BCUT2D eigenvalue weighted by Crippen LogP contribution is -2.44. The molecule has 8 heteroatoms. The molecule has 2 saturated heterocycles. The van der Waals surface area contributed by atoms with E-state index in [9.17, 15) is 18.7 Å². The van der Waals surface area contributed by atoms with E-state index >= 15 is 0 Å². The Morgan fingerprint density at radius 3 is 2.46 bits per heavy atom. The van der Waals surface area contributed by atoms with Gasteiger partial charge in [-0.15, -0.1) is 0 Å². The lowest BCUT2D eigenvalue weighted by atomic mass is 9.94. The van der Waals surface area contributed by atoms with Crippen LogP contribution in [0.1, 0.15) is 62.7 Å². The fraction of sp³-hybridized carbons (Fsp3) is 0.586. The molecular weight excluding hydrogens is 476 g/mol. The van der Waals surface area contributed by atoms with Crippen LogP contribution in [-0.2, 0) is 0 Å². The Kier molecular flexibility index (Phi) is 9.13. The Balaban J connectivity index is 1.28. The number of aliphatic hydroxyl groups is 1. The zero-order chi connectivity index (χ0) is 26.4. The number of aliphatic hydroxyl groups excluding tert-OH is 1. The summed E-state index contributed by atoms with van der Waals surface area (Å²) in [6, 6.07) is 8.17. The van der Waals surface area contributed by atoms with E-state index < -0.39 is 23.5 Å². The van der Waals surface area contributed by atoms with E-state index in [4.69, 9.17) is 4.74 Å². The van der Waals surface area contributed by atoms with Crippen molar-refractivity contribution in [3.63, 3.8) is 0 Å². The number of benzene rings is 1. The van der Waals surface area contributed by atoms with Gasteiger partial charge in [0.2, 0.25) is 5.88 Å². The van der Waals surface area contributed by atoms with Crippen LogP contribution in [0.3, 0.4) is 0 Å². The normalized spacial score (nSPS) is 19.7. The zero-order valence-corrected chi connectivity index (χ0v) is 22.0.